The summed E-state index contributed by atoms with van der Waals surface area (Å²) in [6, 6.07) is 7.36. The van der Waals surface area contributed by atoms with Gasteiger partial charge in [0.15, 0.2) is 11.5 Å². The Balaban J connectivity index is 2.33. The van der Waals surface area contributed by atoms with E-state index in [2.05, 4.69) is 4.98 Å². The van der Waals surface area contributed by atoms with Crippen LogP contribution in [-0.4, -0.2) is 15.2 Å². The highest BCUT2D eigenvalue weighted by Gasteiger charge is 2.30. The average Bonchev–Trinajstić information content (AvgIpc) is 2.40. The van der Waals surface area contributed by atoms with Crippen molar-refractivity contribution in [1.29, 1.82) is 0 Å². The summed E-state index contributed by atoms with van der Waals surface area (Å²) < 4.78 is 37.9. The van der Waals surface area contributed by atoms with E-state index >= 15 is 0 Å². The molecule has 0 aliphatic carbocycles. The van der Waals surface area contributed by atoms with Crippen molar-refractivity contribution in [2.75, 3.05) is 0 Å². The van der Waals surface area contributed by atoms with Gasteiger partial charge in [0.1, 0.15) is 0 Å². The molecule has 0 aliphatic heterocycles. The first kappa shape index (κ1) is 12.5. The molecule has 2 N–H and O–H groups in total. The van der Waals surface area contributed by atoms with Crippen LogP contribution in [-0.2, 0) is 6.18 Å². The summed E-state index contributed by atoms with van der Waals surface area (Å²) in [6.07, 6.45) is -4.43. The largest absolute Gasteiger partial charge is 0.504 e. The number of halogens is 3. The molecule has 6 heteroatoms. The summed E-state index contributed by atoms with van der Waals surface area (Å²) in [4.78, 5) is 4.08. The first-order valence-corrected chi connectivity index (χ1v) is 5.69. The van der Waals surface area contributed by atoms with Gasteiger partial charge < -0.3 is 10.2 Å². The summed E-state index contributed by atoms with van der Waals surface area (Å²) in [5.41, 5.74) is -0.288. The number of alkyl halides is 3. The molecule has 20 heavy (non-hydrogen) atoms. The normalized spacial score (nSPS) is 12.2. The number of aromatic nitrogens is 1. The van der Waals surface area contributed by atoms with E-state index in [0.717, 1.165) is 12.1 Å². The topological polar surface area (TPSA) is 53.4 Å². The zero-order chi connectivity index (χ0) is 14.5. The van der Waals surface area contributed by atoms with Crippen LogP contribution in [0.15, 0.2) is 36.4 Å². The smallest absolute Gasteiger partial charge is 0.416 e. The van der Waals surface area contributed by atoms with E-state index in [4.69, 9.17) is 0 Å². The third kappa shape index (κ3) is 1.89. The highest BCUT2D eigenvalue weighted by atomic mass is 19.4. The summed E-state index contributed by atoms with van der Waals surface area (Å²) in [5, 5.41) is 19.9. The molecule has 0 saturated heterocycles. The van der Waals surface area contributed by atoms with Crippen LogP contribution in [0.4, 0.5) is 13.2 Å². The SMILES string of the molecule is Oc1ccc2nc3cc(C(F)(F)F)ccc3cc2c1O. The number of phenolic OH excluding ortho intramolecular Hbond substituents is 2. The number of hydrogen-bond donors (Lipinski definition) is 2. The maximum atomic E-state index is 12.6. The lowest BCUT2D eigenvalue weighted by atomic mass is 10.1. The second-order valence-electron chi connectivity index (χ2n) is 4.39. The lowest BCUT2D eigenvalue weighted by Gasteiger charge is -2.09. The Kier molecular flexibility index (Phi) is 2.50. The second kappa shape index (κ2) is 4.00. The molecule has 0 spiro atoms. The van der Waals surface area contributed by atoms with Gasteiger partial charge in [-0.25, -0.2) is 4.98 Å². The minimum absolute atomic E-state index is 0.178. The van der Waals surface area contributed by atoms with E-state index in [9.17, 15) is 23.4 Å². The Morgan fingerprint density at radius 1 is 0.900 bits per heavy atom. The standard InChI is InChI=1S/C14H8F3NO2/c15-14(16,17)8-2-1-7-5-9-10(18-11(7)6-8)3-4-12(19)13(9)20/h1-6,19-20H. The fourth-order valence-electron chi connectivity index (χ4n) is 2.05. The van der Waals surface area contributed by atoms with E-state index in [-0.39, 0.29) is 22.4 Å². The zero-order valence-corrected chi connectivity index (χ0v) is 9.94. The van der Waals surface area contributed by atoms with Crippen LogP contribution >= 0.6 is 0 Å². The predicted molar refractivity (Wildman–Crippen MR) is 67.6 cm³/mol. The van der Waals surface area contributed by atoms with Gasteiger partial charge in [-0.05, 0) is 30.3 Å². The highest BCUT2D eigenvalue weighted by molar-refractivity contribution is 5.97. The third-order valence-corrected chi connectivity index (χ3v) is 3.07. The van der Waals surface area contributed by atoms with E-state index in [1.165, 1.54) is 24.3 Å². The number of rotatable bonds is 0. The van der Waals surface area contributed by atoms with Gasteiger partial charge in [0.05, 0.1) is 16.6 Å². The molecular formula is C14H8F3NO2. The second-order valence-corrected chi connectivity index (χ2v) is 4.39. The molecule has 0 saturated carbocycles. The van der Waals surface area contributed by atoms with Crippen molar-refractivity contribution in [3.05, 3.63) is 42.0 Å². The third-order valence-electron chi connectivity index (χ3n) is 3.07. The molecule has 0 amide bonds. The van der Waals surface area contributed by atoms with Crippen molar-refractivity contribution in [1.82, 2.24) is 4.98 Å². The highest BCUT2D eigenvalue weighted by Crippen LogP contribution is 2.36. The minimum Gasteiger partial charge on any atom is -0.504 e. The van der Waals surface area contributed by atoms with Gasteiger partial charge in [-0.2, -0.15) is 13.2 Å². The molecule has 3 rings (SSSR count). The Labute approximate surface area is 110 Å². The summed E-state index contributed by atoms with van der Waals surface area (Å²) in [5.74, 6) is -0.637. The van der Waals surface area contributed by atoms with Crippen LogP contribution in [0.5, 0.6) is 11.5 Å². The molecule has 2 aromatic carbocycles. The number of fused-ring (bicyclic) bond motifs is 2. The van der Waals surface area contributed by atoms with Gasteiger partial charge in [-0.3, -0.25) is 0 Å². The van der Waals surface area contributed by atoms with Crippen LogP contribution in [0.3, 0.4) is 0 Å². The van der Waals surface area contributed by atoms with Crippen LogP contribution in [0.25, 0.3) is 21.8 Å². The fraction of sp³-hybridized carbons (Fsp3) is 0.0714. The Bertz CT molecular complexity index is 828. The molecule has 0 unspecified atom stereocenters. The lowest BCUT2D eigenvalue weighted by molar-refractivity contribution is -0.137. The van der Waals surface area contributed by atoms with E-state index in [1.54, 1.807) is 0 Å². The Morgan fingerprint density at radius 2 is 1.65 bits per heavy atom. The summed E-state index contributed by atoms with van der Waals surface area (Å²) in [7, 11) is 0. The number of nitrogens with zero attached hydrogens (tertiary/aromatic N) is 1. The van der Waals surface area contributed by atoms with E-state index in [0.29, 0.717) is 10.9 Å². The molecule has 3 nitrogen and oxygen atoms in total. The van der Waals surface area contributed by atoms with Crippen LogP contribution < -0.4 is 0 Å². The lowest BCUT2D eigenvalue weighted by Crippen LogP contribution is -2.04. The first-order chi connectivity index (χ1) is 9.36. The van der Waals surface area contributed by atoms with Crippen molar-refractivity contribution in [3.63, 3.8) is 0 Å². The number of phenols is 2. The maximum absolute atomic E-state index is 12.6. The zero-order valence-electron chi connectivity index (χ0n) is 9.94. The van der Waals surface area contributed by atoms with Crippen molar-refractivity contribution in [2.45, 2.75) is 6.18 Å². The van der Waals surface area contributed by atoms with Gasteiger partial charge >= 0.3 is 6.18 Å². The van der Waals surface area contributed by atoms with E-state index < -0.39 is 11.7 Å². The van der Waals surface area contributed by atoms with Gasteiger partial charge in [0.25, 0.3) is 0 Å². The molecular weight excluding hydrogens is 271 g/mol. The first-order valence-electron chi connectivity index (χ1n) is 5.69. The Morgan fingerprint density at radius 3 is 2.35 bits per heavy atom. The van der Waals surface area contributed by atoms with Crippen LogP contribution in [0, 0.1) is 0 Å². The van der Waals surface area contributed by atoms with Crippen LogP contribution in [0.1, 0.15) is 5.56 Å². The molecule has 102 valence electrons. The molecule has 0 atom stereocenters. The van der Waals surface area contributed by atoms with Gasteiger partial charge in [-0.15, -0.1) is 0 Å². The van der Waals surface area contributed by atoms with Crippen molar-refractivity contribution in [3.8, 4) is 11.5 Å². The van der Waals surface area contributed by atoms with Crippen molar-refractivity contribution in [2.24, 2.45) is 0 Å². The van der Waals surface area contributed by atoms with Crippen LogP contribution in [0.2, 0.25) is 0 Å². The molecule has 0 bridgehead atoms. The maximum Gasteiger partial charge on any atom is 0.416 e. The fourth-order valence-corrected chi connectivity index (χ4v) is 2.05. The molecule has 1 heterocycles. The van der Waals surface area contributed by atoms with E-state index in [1.807, 2.05) is 0 Å². The predicted octanol–water partition coefficient (Wildman–Crippen LogP) is 3.82. The number of benzene rings is 2. The molecule has 0 fully saturated rings. The van der Waals surface area contributed by atoms with Gasteiger partial charge in [-0.1, -0.05) is 6.07 Å². The average molecular weight is 279 g/mol. The van der Waals surface area contributed by atoms with Gasteiger partial charge in [0.2, 0.25) is 0 Å². The van der Waals surface area contributed by atoms with Crippen molar-refractivity contribution < 1.29 is 23.4 Å². The molecule has 0 radical (unpaired) electrons. The monoisotopic (exact) mass is 279 g/mol. The van der Waals surface area contributed by atoms with Gasteiger partial charge in [0, 0.05) is 10.8 Å². The molecule has 1 aromatic heterocycles. The number of hydrogen-bond acceptors (Lipinski definition) is 3. The van der Waals surface area contributed by atoms with Crippen molar-refractivity contribution >= 4 is 21.8 Å². The molecule has 0 aliphatic rings. The number of aromatic hydroxyl groups is 2. The molecule has 3 aromatic rings. The quantitative estimate of drug-likeness (QED) is 0.486. The summed E-state index contributed by atoms with van der Waals surface area (Å²) in [6.45, 7) is 0. The number of pyridine rings is 1. The summed E-state index contributed by atoms with van der Waals surface area (Å²) >= 11 is 0. The Hall–Kier alpha value is -2.50. The minimum atomic E-state index is -4.43.